The SMILES string of the molecule is On1c(-c2ccccc2Cl)nc(-c2ccccc2)c1-c1ccccc1. The Morgan fingerprint density at radius 2 is 1.28 bits per heavy atom. The van der Waals surface area contributed by atoms with E-state index < -0.39 is 0 Å². The van der Waals surface area contributed by atoms with Crippen molar-refractivity contribution in [1.29, 1.82) is 0 Å². The maximum Gasteiger partial charge on any atom is 0.178 e. The first-order chi connectivity index (χ1) is 12.3. The predicted octanol–water partition coefficient (Wildman–Crippen LogP) is 5.77. The van der Waals surface area contributed by atoms with Crippen LogP contribution in [0.3, 0.4) is 0 Å². The first kappa shape index (κ1) is 15.5. The number of halogens is 1. The van der Waals surface area contributed by atoms with Crippen LogP contribution >= 0.6 is 11.6 Å². The number of hydrogen-bond acceptors (Lipinski definition) is 2. The third-order valence-corrected chi connectivity index (χ3v) is 4.39. The zero-order valence-corrected chi connectivity index (χ0v) is 14.1. The van der Waals surface area contributed by atoms with Gasteiger partial charge in [-0.3, -0.25) is 0 Å². The van der Waals surface area contributed by atoms with Gasteiger partial charge in [-0.1, -0.05) is 84.4 Å². The minimum atomic E-state index is 0.420. The Balaban J connectivity index is 2.01. The van der Waals surface area contributed by atoms with Gasteiger partial charge in [0.05, 0.1) is 5.02 Å². The molecular weight excluding hydrogens is 332 g/mol. The van der Waals surface area contributed by atoms with Crippen LogP contribution in [-0.2, 0) is 0 Å². The highest BCUT2D eigenvalue weighted by molar-refractivity contribution is 6.33. The molecule has 0 unspecified atom stereocenters. The van der Waals surface area contributed by atoms with Gasteiger partial charge >= 0.3 is 0 Å². The monoisotopic (exact) mass is 346 g/mol. The third kappa shape index (κ3) is 2.79. The van der Waals surface area contributed by atoms with E-state index in [2.05, 4.69) is 0 Å². The van der Waals surface area contributed by atoms with Crippen molar-refractivity contribution < 1.29 is 5.21 Å². The molecule has 0 fully saturated rings. The molecule has 4 aromatic rings. The van der Waals surface area contributed by atoms with Crippen molar-refractivity contribution in [3.63, 3.8) is 0 Å². The Labute approximate surface area is 150 Å². The van der Waals surface area contributed by atoms with E-state index in [1.165, 1.54) is 0 Å². The Morgan fingerprint density at radius 3 is 1.92 bits per heavy atom. The van der Waals surface area contributed by atoms with Gasteiger partial charge in [-0.2, -0.15) is 4.73 Å². The topological polar surface area (TPSA) is 38.0 Å². The van der Waals surface area contributed by atoms with E-state index in [1.807, 2.05) is 78.9 Å². The predicted molar refractivity (Wildman–Crippen MR) is 101 cm³/mol. The fourth-order valence-corrected chi connectivity index (χ4v) is 3.10. The lowest BCUT2D eigenvalue weighted by molar-refractivity contribution is 0.195. The van der Waals surface area contributed by atoms with Crippen molar-refractivity contribution in [2.75, 3.05) is 0 Å². The molecule has 0 amide bonds. The minimum Gasteiger partial charge on any atom is -0.426 e. The summed E-state index contributed by atoms with van der Waals surface area (Å²) in [5.74, 6) is 0.420. The van der Waals surface area contributed by atoms with Gasteiger partial charge < -0.3 is 5.21 Å². The minimum absolute atomic E-state index is 0.420. The van der Waals surface area contributed by atoms with Crippen LogP contribution in [0.15, 0.2) is 84.9 Å². The van der Waals surface area contributed by atoms with E-state index in [1.54, 1.807) is 6.07 Å². The summed E-state index contributed by atoms with van der Waals surface area (Å²) in [5.41, 5.74) is 3.86. The van der Waals surface area contributed by atoms with Crippen LogP contribution in [0.1, 0.15) is 0 Å². The largest absolute Gasteiger partial charge is 0.426 e. The summed E-state index contributed by atoms with van der Waals surface area (Å²) in [6.07, 6.45) is 0. The van der Waals surface area contributed by atoms with Gasteiger partial charge in [0.2, 0.25) is 0 Å². The lowest BCUT2D eigenvalue weighted by Crippen LogP contribution is -1.97. The summed E-state index contributed by atoms with van der Waals surface area (Å²) in [5, 5.41) is 11.4. The third-order valence-electron chi connectivity index (χ3n) is 4.06. The summed E-state index contributed by atoms with van der Waals surface area (Å²) >= 11 is 6.32. The molecule has 4 heteroatoms. The average Bonchev–Trinajstić information content (AvgIpc) is 3.01. The highest BCUT2D eigenvalue weighted by atomic mass is 35.5. The maximum atomic E-state index is 10.9. The first-order valence-electron chi connectivity index (χ1n) is 7.93. The second-order valence-electron chi connectivity index (χ2n) is 5.66. The smallest absolute Gasteiger partial charge is 0.178 e. The quantitative estimate of drug-likeness (QED) is 0.478. The number of hydrogen-bond donors (Lipinski definition) is 1. The van der Waals surface area contributed by atoms with Gasteiger partial charge in [-0.25, -0.2) is 4.98 Å². The summed E-state index contributed by atoms with van der Waals surface area (Å²) in [7, 11) is 0. The van der Waals surface area contributed by atoms with Crippen molar-refractivity contribution in [2.24, 2.45) is 0 Å². The molecule has 25 heavy (non-hydrogen) atoms. The molecule has 4 rings (SSSR count). The van der Waals surface area contributed by atoms with E-state index in [-0.39, 0.29) is 0 Å². The highest BCUT2D eigenvalue weighted by Crippen LogP contribution is 2.36. The molecule has 0 aliphatic carbocycles. The molecule has 0 aliphatic rings. The number of imidazole rings is 1. The molecule has 1 N–H and O–H groups in total. The normalized spacial score (nSPS) is 10.8. The van der Waals surface area contributed by atoms with Crippen molar-refractivity contribution in [3.05, 3.63) is 90.0 Å². The first-order valence-corrected chi connectivity index (χ1v) is 8.31. The molecule has 0 radical (unpaired) electrons. The van der Waals surface area contributed by atoms with Crippen LogP contribution in [0.4, 0.5) is 0 Å². The maximum absolute atomic E-state index is 10.9. The molecule has 1 aromatic heterocycles. The summed E-state index contributed by atoms with van der Waals surface area (Å²) in [6, 6.07) is 26.9. The number of aromatic nitrogens is 2. The molecule has 3 nitrogen and oxygen atoms in total. The van der Waals surface area contributed by atoms with Gasteiger partial charge in [0.25, 0.3) is 0 Å². The van der Waals surface area contributed by atoms with Crippen LogP contribution in [0.25, 0.3) is 33.9 Å². The standard InChI is InChI=1S/C21H15ClN2O/c22-18-14-8-7-13-17(18)21-23-19(15-9-3-1-4-10-15)20(24(21)25)16-11-5-2-6-12-16/h1-14,25H. The second-order valence-corrected chi connectivity index (χ2v) is 6.06. The van der Waals surface area contributed by atoms with Crippen LogP contribution in [0, 0.1) is 0 Å². The van der Waals surface area contributed by atoms with E-state index in [9.17, 15) is 5.21 Å². The van der Waals surface area contributed by atoms with Crippen LogP contribution in [0.5, 0.6) is 0 Å². The van der Waals surface area contributed by atoms with E-state index in [4.69, 9.17) is 16.6 Å². The Kier molecular flexibility index (Phi) is 4.00. The summed E-state index contributed by atoms with van der Waals surface area (Å²) < 4.78 is 1.12. The Morgan fingerprint density at radius 1 is 0.720 bits per heavy atom. The van der Waals surface area contributed by atoms with Gasteiger partial charge in [0, 0.05) is 16.7 Å². The zero-order valence-electron chi connectivity index (χ0n) is 13.3. The Bertz CT molecular complexity index is 1010. The van der Waals surface area contributed by atoms with E-state index in [0.717, 1.165) is 15.9 Å². The van der Waals surface area contributed by atoms with Crippen LogP contribution in [-0.4, -0.2) is 14.9 Å². The van der Waals surface area contributed by atoms with Crippen LogP contribution < -0.4 is 0 Å². The van der Waals surface area contributed by atoms with Crippen LogP contribution in [0.2, 0.25) is 5.02 Å². The van der Waals surface area contributed by atoms with Crippen molar-refractivity contribution in [2.45, 2.75) is 0 Å². The highest BCUT2D eigenvalue weighted by Gasteiger charge is 2.21. The lowest BCUT2D eigenvalue weighted by atomic mass is 10.1. The fourth-order valence-electron chi connectivity index (χ4n) is 2.88. The van der Waals surface area contributed by atoms with Crippen molar-refractivity contribution in [3.8, 4) is 33.9 Å². The summed E-state index contributed by atoms with van der Waals surface area (Å²) in [6.45, 7) is 0. The molecule has 0 saturated heterocycles. The average molecular weight is 347 g/mol. The molecule has 0 bridgehead atoms. The number of rotatable bonds is 3. The fraction of sp³-hybridized carbons (Fsp3) is 0. The second kappa shape index (κ2) is 6.46. The van der Waals surface area contributed by atoms with Gasteiger partial charge in [0.15, 0.2) is 5.82 Å². The molecule has 1 heterocycles. The number of benzene rings is 3. The molecule has 122 valence electrons. The summed E-state index contributed by atoms with van der Waals surface area (Å²) in [4.78, 5) is 4.72. The number of nitrogens with zero attached hydrogens (tertiary/aromatic N) is 2. The molecule has 0 saturated carbocycles. The van der Waals surface area contributed by atoms with Gasteiger partial charge in [0.1, 0.15) is 11.4 Å². The molecule has 0 atom stereocenters. The molecule has 0 spiro atoms. The van der Waals surface area contributed by atoms with Gasteiger partial charge in [-0.15, -0.1) is 0 Å². The lowest BCUT2D eigenvalue weighted by Gasteiger charge is -2.07. The molecular formula is C21H15ClN2O. The van der Waals surface area contributed by atoms with Crippen molar-refractivity contribution >= 4 is 11.6 Å². The molecule has 0 aliphatic heterocycles. The van der Waals surface area contributed by atoms with Gasteiger partial charge in [-0.05, 0) is 12.1 Å². The van der Waals surface area contributed by atoms with E-state index in [0.29, 0.717) is 27.8 Å². The zero-order chi connectivity index (χ0) is 17.2. The Hall–Kier alpha value is -3.04. The molecule has 3 aromatic carbocycles. The van der Waals surface area contributed by atoms with Crippen molar-refractivity contribution in [1.82, 2.24) is 9.71 Å². The van der Waals surface area contributed by atoms with E-state index >= 15 is 0 Å².